The van der Waals surface area contributed by atoms with E-state index in [0.717, 1.165) is 52.8 Å². The molecule has 1 saturated carbocycles. The lowest BCUT2D eigenvalue weighted by Gasteiger charge is -2.10. The molecule has 3 aromatic rings. The molecule has 6 heteroatoms. The fourth-order valence-electron chi connectivity index (χ4n) is 4.19. The van der Waals surface area contributed by atoms with E-state index >= 15 is 0 Å². The van der Waals surface area contributed by atoms with Gasteiger partial charge < -0.3 is 10.6 Å². The number of carbonyl (C=O) groups is 2. The Hall–Kier alpha value is -3.15. The first-order valence-electron chi connectivity index (χ1n) is 9.75. The van der Waals surface area contributed by atoms with E-state index in [1.165, 1.54) is 0 Å². The molecule has 0 unspecified atom stereocenters. The van der Waals surface area contributed by atoms with Crippen molar-refractivity contribution in [3.8, 4) is 0 Å². The Morgan fingerprint density at radius 3 is 2.96 bits per heavy atom. The number of fused-ring (bicyclic) bond motifs is 2. The maximum Gasteiger partial charge on any atom is 0.228 e. The van der Waals surface area contributed by atoms with Crippen molar-refractivity contribution in [2.45, 2.75) is 31.6 Å². The zero-order valence-corrected chi connectivity index (χ0v) is 15.7. The lowest BCUT2D eigenvalue weighted by molar-refractivity contribution is -0.117. The van der Waals surface area contributed by atoms with Crippen molar-refractivity contribution in [2.24, 2.45) is 13.0 Å². The van der Waals surface area contributed by atoms with E-state index in [4.69, 9.17) is 0 Å². The molecule has 0 bridgehead atoms. The summed E-state index contributed by atoms with van der Waals surface area (Å²) in [7, 11) is 1.94. The van der Waals surface area contributed by atoms with E-state index in [1.54, 1.807) is 0 Å². The number of hydrogen-bond acceptors (Lipinski definition) is 3. The molecule has 0 spiro atoms. The molecule has 0 saturated heterocycles. The number of nitrogens with one attached hydrogen (secondary N) is 2. The monoisotopic (exact) mass is 374 g/mol. The Kier molecular flexibility index (Phi) is 3.93. The van der Waals surface area contributed by atoms with Crippen molar-refractivity contribution in [3.05, 3.63) is 53.7 Å². The van der Waals surface area contributed by atoms with Crippen LogP contribution in [0.3, 0.4) is 0 Å². The lowest BCUT2D eigenvalue weighted by Crippen LogP contribution is -2.15. The van der Waals surface area contributed by atoms with Gasteiger partial charge >= 0.3 is 0 Å². The molecule has 1 aliphatic heterocycles. The summed E-state index contributed by atoms with van der Waals surface area (Å²) in [6, 6.07) is 13.9. The predicted molar refractivity (Wildman–Crippen MR) is 108 cm³/mol. The molecule has 6 nitrogen and oxygen atoms in total. The lowest BCUT2D eigenvalue weighted by atomic mass is 10.1. The Bertz CT molecular complexity index is 1100. The van der Waals surface area contributed by atoms with Gasteiger partial charge in [-0.2, -0.15) is 5.10 Å². The van der Waals surface area contributed by atoms with Gasteiger partial charge in [0.05, 0.1) is 11.2 Å². The van der Waals surface area contributed by atoms with Crippen LogP contribution in [0.15, 0.2) is 42.5 Å². The van der Waals surface area contributed by atoms with Crippen molar-refractivity contribution in [1.29, 1.82) is 0 Å². The highest BCUT2D eigenvalue weighted by Crippen LogP contribution is 2.49. The number of anilines is 2. The number of para-hydroxylation sites is 1. The molecule has 2 amide bonds. The SMILES string of the molecule is Cn1nc([C@@H]2C[C@H]2C(=O)Nc2ccc3c(c2)CCCC(=O)N3)c2ccccc21. The van der Waals surface area contributed by atoms with Crippen LogP contribution in [0.2, 0.25) is 0 Å². The second kappa shape index (κ2) is 6.48. The molecule has 1 fully saturated rings. The predicted octanol–water partition coefficient (Wildman–Crippen LogP) is 3.59. The highest BCUT2D eigenvalue weighted by Gasteiger charge is 2.46. The number of rotatable bonds is 3. The normalized spacial score (nSPS) is 21.0. The van der Waals surface area contributed by atoms with Gasteiger partial charge in [0.15, 0.2) is 0 Å². The molecule has 2 aromatic carbocycles. The number of carbonyl (C=O) groups excluding carboxylic acids is 2. The van der Waals surface area contributed by atoms with Crippen LogP contribution in [0.4, 0.5) is 11.4 Å². The van der Waals surface area contributed by atoms with Crippen LogP contribution >= 0.6 is 0 Å². The summed E-state index contributed by atoms with van der Waals surface area (Å²) in [6.07, 6.45) is 3.03. The van der Waals surface area contributed by atoms with E-state index in [9.17, 15) is 9.59 Å². The van der Waals surface area contributed by atoms with Gasteiger partial charge in [0.1, 0.15) is 0 Å². The number of nitrogens with zero attached hydrogens (tertiary/aromatic N) is 2. The van der Waals surface area contributed by atoms with Crippen molar-refractivity contribution in [3.63, 3.8) is 0 Å². The largest absolute Gasteiger partial charge is 0.326 e. The topological polar surface area (TPSA) is 76.0 Å². The number of hydrogen-bond donors (Lipinski definition) is 2. The minimum Gasteiger partial charge on any atom is -0.326 e. The fourth-order valence-corrected chi connectivity index (χ4v) is 4.19. The van der Waals surface area contributed by atoms with Gasteiger partial charge in [0.25, 0.3) is 0 Å². The molecular weight excluding hydrogens is 352 g/mol. The maximum absolute atomic E-state index is 12.8. The summed E-state index contributed by atoms with van der Waals surface area (Å²) in [6.45, 7) is 0. The summed E-state index contributed by atoms with van der Waals surface area (Å²) < 4.78 is 1.89. The molecule has 28 heavy (non-hydrogen) atoms. The van der Waals surface area contributed by atoms with Crippen LogP contribution in [-0.4, -0.2) is 21.6 Å². The third-order valence-corrected chi connectivity index (χ3v) is 5.76. The first-order valence-corrected chi connectivity index (χ1v) is 9.75. The Morgan fingerprint density at radius 2 is 2.07 bits per heavy atom. The van der Waals surface area contributed by atoms with Gasteiger partial charge in [-0.15, -0.1) is 0 Å². The number of benzene rings is 2. The first-order chi connectivity index (χ1) is 13.6. The van der Waals surface area contributed by atoms with Crippen molar-refractivity contribution >= 4 is 34.1 Å². The average Bonchev–Trinajstić information content (AvgIpc) is 3.44. The summed E-state index contributed by atoms with van der Waals surface area (Å²) in [5, 5.41) is 11.8. The molecule has 5 rings (SSSR count). The van der Waals surface area contributed by atoms with Crippen LogP contribution in [0, 0.1) is 5.92 Å². The Balaban J connectivity index is 1.32. The van der Waals surface area contributed by atoms with Gasteiger partial charge in [-0.3, -0.25) is 14.3 Å². The molecule has 142 valence electrons. The highest BCUT2D eigenvalue weighted by atomic mass is 16.2. The Labute approximate surface area is 162 Å². The van der Waals surface area contributed by atoms with Gasteiger partial charge in [0, 0.05) is 42.1 Å². The summed E-state index contributed by atoms with van der Waals surface area (Å²) in [5.41, 5.74) is 4.83. The quantitative estimate of drug-likeness (QED) is 0.736. The smallest absolute Gasteiger partial charge is 0.228 e. The van der Waals surface area contributed by atoms with E-state index in [-0.39, 0.29) is 23.7 Å². The fraction of sp³-hybridized carbons (Fsp3) is 0.318. The third kappa shape index (κ3) is 2.95. The van der Waals surface area contributed by atoms with Gasteiger partial charge in [-0.1, -0.05) is 18.2 Å². The van der Waals surface area contributed by atoms with Crippen molar-refractivity contribution in [2.75, 3.05) is 10.6 Å². The van der Waals surface area contributed by atoms with Gasteiger partial charge in [0.2, 0.25) is 11.8 Å². The van der Waals surface area contributed by atoms with Gasteiger partial charge in [-0.05, 0) is 49.1 Å². The molecule has 2 aliphatic rings. The standard InChI is InChI=1S/C22H22N4O2/c1-26-19-7-3-2-6-15(19)21(25-26)16-12-17(16)22(28)23-14-9-10-18-13(11-14)5-4-8-20(27)24-18/h2-3,6-7,9-11,16-17H,4-5,8,12H2,1H3,(H,23,28)(H,24,27)/t16-,17-/m1/s1. The highest BCUT2D eigenvalue weighted by molar-refractivity contribution is 5.97. The van der Waals surface area contributed by atoms with E-state index in [1.807, 2.05) is 42.1 Å². The van der Waals surface area contributed by atoms with E-state index in [0.29, 0.717) is 6.42 Å². The van der Waals surface area contributed by atoms with Gasteiger partial charge in [-0.25, -0.2) is 0 Å². The van der Waals surface area contributed by atoms with Crippen molar-refractivity contribution < 1.29 is 9.59 Å². The number of aromatic nitrogens is 2. The van der Waals surface area contributed by atoms with Crippen LogP contribution in [0.1, 0.15) is 36.4 Å². The van der Waals surface area contributed by atoms with E-state index < -0.39 is 0 Å². The van der Waals surface area contributed by atoms with Crippen LogP contribution in [0.25, 0.3) is 10.9 Å². The molecule has 1 aliphatic carbocycles. The van der Waals surface area contributed by atoms with E-state index in [2.05, 4.69) is 27.9 Å². The molecular formula is C22H22N4O2. The minimum absolute atomic E-state index is 0.0392. The first kappa shape index (κ1) is 17.0. The average molecular weight is 374 g/mol. The second-order valence-electron chi connectivity index (χ2n) is 7.74. The Morgan fingerprint density at radius 1 is 1.21 bits per heavy atom. The molecule has 2 atom stereocenters. The molecule has 2 N–H and O–H groups in total. The molecule has 1 aromatic heterocycles. The van der Waals surface area contributed by atoms with Crippen LogP contribution < -0.4 is 10.6 Å². The third-order valence-electron chi connectivity index (χ3n) is 5.76. The maximum atomic E-state index is 12.8. The van der Waals surface area contributed by atoms with Crippen molar-refractivity contribution in [1.82, 2.24) is 9.78 Å². The summed E-state index contributed by atoms with van der Waals surface area (Å²) in [4.78, 5) is 24.5. The summed E-state index contributed by atoms with van der Waals surface area (Å²) in [5.74, 6) is 0.222. The minimum atomic E-state index is -0.0446. The zero-order valence-electron chi connectivity index (χ0n) is 15.7. The summed E-state index contributed by atoms with van der Waals surface area (Å²) >= 11 is 0. The van der Waals surface area contributed by atoms with Crippen LogP contribution in [0.5, 0.6) is 0 Å². The molecule has 2 heterocycles. The number of amides is 2. The number of aryl methyl sites for hydroxylation is 2. The molecule has 0 radical (unpaired) electrons. The second-order valence-corrected chi connectivity index (χ2v) is 7.74. The zero-order chi connectivity index (χ0) is 19.3. The van der Waals surface area contributed by atoms with Crippen LogP contribution in [-0.2, 0) is 23.1 Å².